The summed E-state index contributed by atoms with van der Waals surface area (Å²) < 4.78 is 10.6. The molecule has 2 rings (SSSR count). The molecule has 0 saturated carbocycles. The van der Waals surface area contributed by atoms with E-state index >= 15 is 0 Å². The van der Waals surface area contributed by atoms with E-state index in [0.29, 0.717) is 28.5 Å². The number of nitrogens with zero attached hydrogens (tertiary/aromatic N) is 2. The minimum absolute atomic E-state index is 0.202. The van der Waals surface area contributed by atoms with Crippen molar-refractivity contribution < 1.29 is 14.3 Å². The molecule has 0 radical (unpaired) electrons. The molecule has 124 valence electrons. The number of esters is 1. The highest BCUT2D eigenvalue weighted by Gasteiger charge is 2.25. The predicted octanol–water partition coefficient (Wildman–Crippen LogP) is 4.16. The molecule has 5 nitrogen and oxygen atoms in total. The summed E-state index contributed by atoms with van der Waals surface area (Å²) in [5, 5.41) is 10.2. The summed E-state index contributed by atoms with van der Waals surface area (Å²) in [5.41, 5.74) is 2.03. The Labute approximate surface area is 145 Å². The maximum Gasteiger partial charge on any atom is 0.340 e. The zero-order chi connectivity index (χ0) is 17.7. The first kappa shape index (κ1) is 17.8. The Kier molecular flexibility index (Phi) is 5.78. The van der Waals surface area contributed by atoms with Gasteiger partial charge >= 0.3 is 5.97 Å². The standard InChI is InChI=1S/C18H17ClN2O3/c1-4-23-17-14(10-20)16(12-6-8-13(19)9-7-12)15(11(3)21-17)18(22)24-5-2/h6-9H,4-5H2,1-3H3. The van der Waals surface area contributed by atoms with E-state index in [2.05, 4.69) is 11.1 Å². The minimum Gasteiger partial charge on any atom is -0.477 e. The second kappa shape index (κ2) is 7.80. The highest BCUT2D eigenvalue weighted by atomic mass is 35.5. The van der Waals surface area contributed by atoms with Gasteiger partial charge < -0.3 is 9.47 Å². The highest BCUT2D eigenvalue weighted by Crippen LogP contribution is 2.35. The molecule has 0 unspecified atom stereocenters. The van der Waals surface area contributed by atoms with Gasteiger partial charge in [0.05, 0.1) is 24.5 Å². The van der Waals surface area contributed by atoms with Gasteiger partial charge in [0.1, 0.15) is 11.6 Å². The van der Waals surface area contributed by atoms with Crippen molar-refractivity contribution in [2.75, 3.05) is 13.2 Å². The number of nitriles is 1. The fraction of sp³-hybridized carbons (Fsp3) is 0.278. The van der Waals surface area contributed by atoms with Gasteiger partial charge in [0, 0.05) is 10.6 Å². The SMILES string of the molecule is CCOC(=O)c1c(C)nc(OCC)c(C#N)c1-c1ccc(Cl)cc1. The summed E-state index contributed by atoms with van der Waals surface area (Å²) in [7, 11) is 0. The van der Waals surface area contributed by atoms with Gasteiger partial charge in [0.15, 0.2) is 0 Å². The van der Waals surface area contributed by atoms with Crippen LogP contribution in [0.2, 0.25) is 5.02 Å². The van der Waals surface area contributed by atoms with E-state index in [4.69, 9.17) is 21.1 Å². The zero-order valence-electron chi connectivity index (χ0n) is 13.7. The molecule has 0 aliphatic heterocycles. The lowest BCUT2D eigenvalue weighted by Gasteiger charge is -2.16. The van der Waals surface area contributed by atoms with Crippen molar-refractivity contribution in [2.24, 2.45) is 0 Å². The summed E-state index contributed by atoms with van der Waals surface area (Å²) in [5.74, 6) is -0.317. The summed E-state index contributed by atoms with van der Waals surface area (Å²) in [4.78, 5) is 16.7. The maximum absolute atomic E-state index is 12.4. The number of hydrogen-bond acceptors (Lipinski definition) is 5. The lowest BCUT2D eigenvalue weighted by Crippen LogP contribution is -2.13. The fourth-order valence-corrected chi connectivity index (χ4v) is 2.51. The average Bonchev–Trinajstić information content (AvgIpc) is 2.55. The second-order valence-corrected chi connectivity index (χ2v) is 5.34. The van der Waals surface area contributed by atoms with E-state index < -0.39 is 5.97 Å². The lowest BCUT2D eigenvalue weighted by atomic mass is 9.94. The van der Waals surface area contributed by atoms with Crippen molar-refractivity contribution in [3.8, 4) is 23.1 Å². The smallest absolute Gasteiger partial charge is 0.340 e. The van der Waals surface area contributed by atoms with E-state index in [-0.39, 0.29) is 23.6 Å². The Morgan fingerprint density at radius 2 is 1.92 bits per heavy atom. The van der Waals surface area contributed by atoms with Gasteiger partial charge in [0.2, 0.25) is 5.88 Å². The van der Waals surface area contributed by atoms with Crippen molar-refractivity contribution in [2.45, 2.75) is 20.8 Å². The average molecular weight is 345 g/mol. The van der Waals surface area contributed by atoms with E-state index in [9.17, 15) is 10.1 Å². The second-order valence-electron chi connectivity index (χ2n) is 4.90. The third kappa shape index (κ3) is 3.50. The summed E-state index contributed by atoms with van der Waals surface area (Å²) in [6.07, 6.45) is 0. The molecule has 0 N–H and O–H groups in total. The molecule has 1 heterocycles. The van der Waals surface area contributed by atoms with Crippen LogP contribution in [0, 0.1) is 18.3 Å². The van der Waals surface area contributed by atoms with Gasteiger partial charge in [-0.15, -0.1) is 0 Å². The Bertz CT molecular complexity index is 795. The molecule has 6 heteroatoms. The number of carbonyl (C=O) groups excluding carboxylic acids is 1. The normalized spacial score (nSPS) is 10.1. The van der Waals surface area contributed by atoms with Crippen molar-refractivity contribution in [1.29, 1.82) is 5.26 Å². The molecular weight excluding hydrogens is 328 g/mol. The van der Waals surface area contributed by atoms with E-state index in [1.165, 1.54) is 0 Å². The number of benzene rings is 1. The molecule has 0 aliphatic rings. The van der Waals surface area contributed by atoms with Crippen LogP contribution in [0.1, 0.15) is 35.5 Å². The number of carbonyl (C=O) groups is 1. The molecule has 24 heavy (non-hydrogen) atoms. The van der Waals surface area contributed by atoms with Gasteiger partial charge in [-0.25, -0.2) is 9.78 Å². The number of halogens is 1. The fourth-order valence-electron chi connectivity index (χ4n) is 2.38. The first-order valence-corrected chi connectivity index (χ1v) is 7.91. The quantitative estimate of drug-likeness (QED) is 0.761. The number of hydrogen-bond donors (Lipinski definition) is 0. The van der Waals surface area contributed by atoms with Crippen LogP contribution in [0.4, 0.5) is 0 Å². The van der Waals surface area contributed by atoms with Gasteiger partial charge in [-0.1, -0.05) is 23.7 Å². The minimum atomic E-state index is -0.521. The first-order chi connectivity index (χ1) is 11.5. The Hall–Kier alpha value is -2.58. The number of ether oxygens (including phenoxy) is 2. The number of aromatic nitrogens is 1. The Morgan fingerprint density at radius 1 is 1.25 bits per heavy atom. The van der Waals surface area contributed by atoms with E-state index in [0.717, 1.165) is 0 Å². The van der Waals surface area contributed by atoms with Gasteiger partial charge in [0.25, 0.3) is 0 Å². The van der Waals surface area contributed by atoms with Crippen LogP contribution >= 0.6 is 11.6 Å². The van der Waals surface area contributed by atoms with Crippen LogP contribution in [0.5, 0.6) is 5.88 Å². The van der Waals surface area contributed by atoms with Crippen LogP contribution in [-0.2, 0) is 4.74 Å². The number of pyridine rings is 1. The van der Waals surface area contributed by atoms with Crippen LogP contribution in [0.3, 0.4) is 0 Å². The van der Waals surface area contributed by atoms with Crippen LogP contribution in [0.15, 0.2) is 24.3 Å². The van der Waals surface area contributed by atoms with Crippen molar-refractivity contribution in [3.05, 3.63) is 46.1 Å². The van der Waals surface area contributed by atoms with Gasteiger partial charge in [-0.05, 0) is 38.5 Å². The zero-order valence-corrected chi connectivity index (χ0v) is 14.5. The monoisotopic (exact) mass is 344 g/mol. The van der Waals surface area contributed by atoms with Crippen molar-refractivity contribution in [3.63, 3.8) is 0 Å². The number of rotatable bonds is 5. The van der Waals surface area contributed by atoms with Crippen LogP contribution < -0.4 is 4.74 Å². The molecule has 0 amide bonds. The largest absolute Gasteiger partial charge is 0.477 e. The van der Waals surface area contributed by atoms with Crippen LogP contribution in [-0.4, -0.2) is 24.2 Å². The molecule has 0 bridgehead atoms. The predicted molar refractivity (Wildman–Crippen MR) is 91.3 cm³/mol. The Balaban J connectivity index is 2.81. The summed E-state index contributed by atoms with van der Waals surface area (Å²) >= 11 is 5.94. The lowest BCUT2D eigenvalue weighted by molar-refractivity contribution is 0.0525. The van der Waals surface area contributed by atoms with Gasteiger partial charge in [-0.2, -0.15) is 5.26 Å². The van der Waals surface area contributed by atoms with Crippen LogP contribution in [0.25, 0.3) is 11.1 Å². The molecule has 2 aromatic rings. The topological polar surface area (TPSA) is 72.2 Å². The molecule has 0 aliphatic carbocycles. The third-order valence-corrected chi connectivity index (χ3v) is 3.60. The summed E-state index contributed by atoms with van der Waals surface area (Å²) in [6, 6.07) is 8.99. The molecule has 0 atom stereocenters. The van der Waals surface area contributed by atoms with E-state index in [1.807, 2.05) is 0 Å². The molecule has 1 aromatic heterocycles. The van der Waals surface area contributed by atoms with Crippen molar-refractivity contribution >= 4 is 17.6 Å². The van der Waals surface area contributed by atoms with E-state index in [1.54, 1.807) is 45.0 Å². The molecule has 1 aromatic carbocycles. The molecule has 0 spiro atoms. The maximum atomic E-state index is 12.4. The molecular formula is C18H17ClN2O3. The summed E-state index contributed by atoms with van der Waals surface area (Å²) in [6.45, 7) is 5.81. The molecule has 0 saturated heterocycles. The number of aryl methyl sites for hydroxylation is 1. The molecule has 0 fully saturated rings. The third-order valence-electron chi connectivity index (χ3n) is 3.35. The highest BCUT2D eigenvalue weighted by molar-refractivity contribution is 6.30. The van der Waals surface area contributed by atoms with Crippen molar-refractivity contribution in [1.82, 2.24) is 4.98 Å². The first-order valence-electron chi connectivity index (χ1n) is 7.54. The van der Waals surface area contributed by atoms with Gasteiger partial charge in [-0.3, -0.25) is 0 Å². The Morgan fingerprint density at radius 3 is 2.46 bits per heavy atom.